The van der Waals surface area contributed by atoms with Crippen LogP contribution in [0.5, 0.6) is 0 Å². The average Bonchev–Trinajstić information content (AvgIpc) is 2.48. The fourth-order valence-corrected chi connectivity index (χ4v) is 3.10. The monoisotopic (exact) mass is 287 g/mol. The van der Waals surface area contributed by atoms with Crippen molar-refractivity contribution >= 4 is 11.7 Å². The van der Waals surface area contributed by atoms with E-state index in [1.165, 1.54) is 5.56 Å². The zero-order valence-electron chi connectivity index (χ0n) is 12.9. The van der Waals surface area contributed by atoms with Gasteiger partial charge in [0.2, 0.25) is 5.91 Å². The number of nitrogens with zero attached hydrogens (tertiary/aromatic N) is 1. The van der Waals surface area contributed by atoms with E-state index in [0.29, 0.717) is 12.8 Å². The van der Waals surface area contributed by atoms with Crippen LogP contribution in [0.1, 0.15) is 51.0 Å². The third-order valence-electron chi connectivity index (χ3n) is 4.17. The van der Waals surface area contributed by atoms with Crippen molar-refractivity contribution in [2.24, 2.45) is 0 Å². The lowest BCUT2D eigenvalue weighted by Gasteiger charge is -2.35. The summed E-state index contributed by atoms with van der Waals surface area (Å²) in [5.74, 6) is 0.404. The number of benzene rings is 1. The first-order valence-electron chi connectivity index (χ1n) is 7.99. The molecule has 21 heavy (non-hydrogen) atoms. The Morgan fingerprint density at radius 3 is 2.67 bits per heavy atom. The van der Waals surface area contributed by atoms with Gasteiger partial charge in [0, 0.05) is 25.4 Å². The molecule has 1 atom stereocenters. The van der Waals surface area contributed by atoms with Gasteiger partial charge in [-0.05, 0) is 44.6 Å². The Bertz CT molecular complexity index is 469. The predicted octanol–water partition coefficient (Wildman–Crippen LogP) is 3.37. The van der Waals surface area contributed by atoms with Gasteiger partial charge in [0.1, 0.15) is 5.78 Å². The summed E-state index contributed by atoms with van der Waals surface area (Å²) < 4.78 is 0. The second-order valence-electron chi connectivity index (χ2n) is 5.98. The van der Waals surface area contributed by atoms with Gasteiger partial charge in [-0.25, -0.2) is 0 Å². The van der Waals surface area contributed by atoms with Crippen molar-refractivity contribution in [3.63, 3.8) is 0 Å². The van der Waals surface area contributed by atoms with Gasteiger partial charge in [0.25, 0.3) is 0 Å². The first kappa shape index (κ1) is 15.7. The van der Waals surface area contributed by atoms with Crippen molar-refractivity contribution in [3.8, 4) is 0 Å². The van der Waals surface area contributed by atoms with E-state index < -0.39 is 0 Å². The molecule has 1 amide bonds. The fraction of sp³-hybridized carbons (Fsp3) is 0.556. The lowest BCUT2D eigenvalue weighted by atomic mass is 9.97. The second-order valence-corrected chi connectivity index (χ2v) is 5.98. The molecule has 1 fully saturated rings. The Morgan fingerprint density at radius 2 is 1.95 bits per heavy atom. The molecular weight excluding hydrogens is 262 g/mol. The number of piperidine rings is 1. The van der Waals surface area contributed by atoms with Crippen LogP contribution in [0.3, 0.4) is 0 Å². The van der Waals surface area contributed by atoms with Crippen molar-refractivity contribution in [1.29, 1.82) is 0 Å². The maximum absolute atomic E-state index is 12.4. The molecule has 114 valence electrons. The Morgan fingerprint density at radius 1 is 1.19 bits per heavy atom. The molecule has 1 unspecified atom stereocenters. The highest BCUT2D eigenvalue weighted by Gasteiger charge is 2.26. The highest BCUT2D eigenvalue weighted by Crippen LogP contribution is 2.21. The Hall–Kier alpha value is -1.64. The topological polar surface area (TPSA) is 37.4 Å². The number of Topliss-reactive ketones (excluding diaryl/α,β-unsaturated/α-hetero) is 1. The maximum atomic E-state index is 12.4. The van der Waals surface area contributed by atoms with Crippen LogP contribution in [-0.4, -0.2) is 29.2 Å². The van der Waals surface area contributed by atoms with Crippen LogP contribution in [0.2, 0.25) is 0 Å². The van der Waals surface area contributed by atoms with Crippen LogP contribution in [0.15, 0.2) is 30.3 Å². The molecule has 0 N–H and O–H groups in total. The van der Waals surface area contributed by atoms with Crippen molar-refractivity contribution in [3.05, 3.63) is 35.9 Å². The summed E-state index contributed by atoms with van der Waals surface area (Å²) in [5.41, 5.74) is 1.28. The minimum atomic E-state index is 0.139. The van der Waals surface area contributed by atoms with Crippen molar-refractivity contribution in [1.82, 2.24) is 4.90 Å². The lowest BCUT2D eigenvalue weighted by molar-refractivity contribution is -0.135. The summed E-state index contributed by atoms with van der Waals surface area (Å²) in [6.07, 6.45) is 6.10. The number of likely N-dealkylation sites (tertiary alicyclic amines) is 1. The van der Waals surface area contributed by atoms with E-state index in [2.05, 4.69) is 12.1 Å². The molecular formula is C18H25NO2. The van der Waals surface area contributed by atoms with E-state index in [4.69, 9.17) is 0 Å². The summed E-state index contributed by atoms with van der Waals surface area (Å²) in [6.45, 7) is 2.44. The molecule has 2 rings (SSSR count). The van der Waals surface area contributed by atoms with E-state index in [0.717, 1.165) is 38.6 Å². The Kier molecular flexibility index (Phi) is 5.97. The van der Waals surface area contributed by atoms with Gasteiger partial charge >= 0.3 is 0 Å². The summed E-state index contributed by atoms with van der Waals surface area (Å²) in [4.78, 5) is 25.7. The molecule has 1 saturated heterocycles. The number of rotatable bonds is 6. The van der Waals surface area contributed by atoms with Gasteiger partial charge < -0.3 is 4.90 Å². The van der Waals surface area contributed by atoms with Gasteiger partial charge in [-0.2, -0.15) is 0 Å². The fourth-order valence-electron chi connectivity index (χ4n) is 3.10. The molecule has 3 heteroatoms. The highest BCUT2D eigenvalue weighted by molar-refractivity contribution is 5.79. The minimum Gasteiger partial charge on any atom is -0.339 e. The third-order valence-corrected chi connectivity index (χ3v) is 4.17. The lowest BCUT2D eigenvalue weighted by Crippen LogP contribution is -2.44. The standard InChI is InChI=1S/C18H25NO2/c1-15(20)14-17-11-5-6-13-19(17)18(21)12-7-10-16-8-3-2-4-9-16/h2-4,8-9,17H,5-7,10-14H2,1H3. The number of carbonyl (C=O) groups excluding carboxylic acids is 2. The number of carbonyl (C=O) groups is 2. The largest absolute Gasteiger partial charge is 0.339 e. The van der Waals surface area contributed by atoms with Crippen LogP contribution in [0, 0.1) is 0 Å². The maximum Gasteiger partial charge on any atom is 0.222 e. The van der Waals surface area contributed by atoms with Crippen LogP contribution in [0.25, 0.3) is 0 Å². The van der Waals surface area contributed by atoms with E-state index in [-0.39, 0.29) is 17.7 Å². The van der Waals surface area contributed by atoms with E-state index in [9.17, 15) is 9.59 Å². The molecule has 1 aliphatic rings. The first-order chi connectivity index (χ1) is 10.2. The molecule has 0 radical (unpaired) electrons. The molecule has 1 aromatic rings. The quantitative estimate of drug-likeness (QED) is 0.804. The van der Waals surface area contributed by atoms with Crippen LogP contribution < -0.4 is 0 Å². The SMILES string of the molecule is CC(=O)CC1CCCCN1C(=O)CCCc1ccccc1. The summed E-state index contributed by atoms with van der Waals surface area (Å²) in [5, 5.41) is 0. The molecule has 0 aliphatic carbocycles. The number of hydrogen-bond donors (Lipinski definition) is 0. The molecule has 1 aliphatic heterocycles. The molecule has 0 bridgehead atoms. The zero-order valence-corrected chi connectivity index (χ0v) is 12.9. The summed E-state index contributed by atoms with van der Waals surface area (Å²) in [7, 11) is 0. The number of hydrogen-bond acceptors (Lipinski definition) is 2. The Labute approximate surface area is 127 Å². The number of ketones is 1. The average molecular weight is 287 g/mol. The molecule has 3 nitrogen and oxygen atoms in total. The van der Waals surface area contributed by atoms with Crippen LogP contribution in [-0.2, 0) is 16.0 Å². The van der Waals surface area contributed by atoms with E-state index in [1.807, 2.05) is 23.1 Å². The predicted molar refractivity (Wildman–Crippen MR) is 84.0 cm³/mol. The van der Waals surface area contributed by atoms with Gasteiger partial charge in [0.05, 0.1) is 0 Å². The molecule has 0 saturated carbocycles. The second kappa shape index (κ2) is 7.96. The highest BCUT2D eigenvalue weighted by atomic mass is 16.2. The van der Waals surface area contributed by atoms with E-state index >= 15 is 0 Å². The van der Waals surface area contributed by atoms with Crippen molar-refractivity contribution < 1.29 is 9.59 Å². The van der Waals surface area contributed by atoms with Crippen LogP contribution in [0.4, 0.5) is 0 Å². The van der Waals surface area contributed by atoms with Crippen LogP contribution >= 0.6 is 0 Å². The van der Waals surface area contributed by atoms with E-state index in [1.54, 1.807) is 6.92 Å². The third kappa shape index (κ3) is 5.00. The number of aryl methyl sites for hydroxylation is 1. The number of amides is 1. The van der Waals surface area contributed by atoms with Gasteiger partial charge in [-0.3, -0.25) is 9.59 Å². The minimum absolute atomic E-state index is 0.139. The zero-order chi connectivity index (χ0) is 15.1. The van der Waals surface area contributed by atoms with Gasteiger partial charge in [-0.1, -0.05) is 30.3 Å². The molecule has 0 spiro atoms. The van der Waals surface area contributed by atoms with Crippen molar-refractivity contribution in [2.75, 3.05) is 6.54 Å². The molecule has 1 aromatic carbocycles. The molecule has 1 heterocycles. The Balaban J connectivity index is 1.81. The first-order valence-corrected chi connectivity index (χ1v) is 7.99. The smallest absolute Gasteiger partial charge is 0.222 e. The normalized spacial score (nSPS) is 18.5. The summed E-state index contributed by atoms with van der Waals surface area (Å²) >= 11 is 0. The van der Waals surface area contributed by atoms with Gasteiger partial charge in [0.15, 0.2) is 0 Å². The van der Waals surface area contributed by atoms with Crippen molar-refractivity contribution in [2.45, 2.75) is 57.9 Å². The molecule has 0 aromatic heterocycles. The van der Waals surface area contributed by atoms with Gasteiger partial charge in [-0.15, -0.1) is 0 Å². The summed E-state index contributed by atoms with van der Waals surface area (Å²) in [6, 6.07) is 10.4.